The van der Waals surface area contributed by atoms with E-state index in [1.54, 1.807) is 24.3 Å². The van der Waals surface area contributed by atoms with Crippen LogP contribution in [0.5, 0.6) is 0 Å². The number of nitrogen functional groups attached to an aromatic ring is 1. The number of aliphatic hydroxyl groups excluding tert-OH is 1. The van der Waals surface area contributed by atoms with Gasteiger partial charge in [0.25, 0.3) is 0 Å². The summed E-state index contributed by atoms with van der Waals surface area (Å²) < 4.78 is 25.4. The third-order valence-electron chi connectivity index (χ3n) is 7.49. The lowest BCUT2D eigenvalue weighted by atomic mass is 9.79. The van der Waals surface area contributed by atoms with E-state index in [1.807, 2.05) is 4.90 Å². The number of sulfonamides is 1. The Morgan fingerprint density at radius 3 is 2.22 bits per heavy atom. The van der Waals surface area contributed by atoms with E-state index in [0.29, 0.717) is 36.0 Å². The molecule has 0 radical (unpaired) electrons. The van der Waals surface area contributed by atoms with Crippen molar-refractivity contribution in [2.45, 2.75) is 47.8 Å². The first-order valence-electron chi connectivity index (χ1n) is 12.4. The first kappa shape index (κ1) is 27.0. The summed E-state index contributed by atoms with van der Waals surface area (Å²) in [5.41, 5.74) is 4.64. The number of hydrogen-bond acceptors (Lipinski definition) is 8. The molecule has 196 valence electrons. The summed E-state index contributed by atoms with van der Waals surface area (Å²) in [5, 5.41) is 24.9. The molecule has 0 amide bonds. The van der Waals surface area contributed by atoms with Gasteiger partial charge in [0.15, 0.2) is 5.78 Å². The molecule has 4 rings (SSSR count). The summed E-state index contributed by atoms with van der Waals surface area (Å²) in [5.74, 6) is -0.719. The summed E-state index contributed by atoms with van der Waals surface area (Å²) in [7, 11) is -4.31. The minimum Gasteiger partial charge on any atom is -0.394 e. The second-order valence-electron chi connectivity index (χ2n) is 9.76. The monoisotopic (exact) mass is 533 g/mol. The van der Waals surface area contributed by atoms with Gasteiger partial charge in [-0.05, 0) is 74.3 Å². The van der Waals surface area contributed by atoms with Gasteiger partial charge in [0.2, 0.25) is 10.0 Å². The van der Waals surface area contributed by atoms with Gasteiger partial charge in [-0.2, -0.15) is 12.6 Å². The maximum Gasteiger partial charge on any atom is 0.238 e. The highest BCUT2D eigenvalue weighted by atomic mass is 32.2. The fourth-order valence-electron chi connectivity index (χ4n) is 5.76. The number of amidine groups is 1. The lowest BCUT2D eigenvalue weighted by molar-refractivity contribution is -0.134. The van der Waals surface area contributed by atoms with Crippen molar-refractivity contribution < 1.29 is 18.3 Å². The minimum absolute atomic E-state index is 0.00620. The number of Topliss-reactive ketones (excluding diaryl/α,β-unsaturated/α-hetero) is 1. The molecule has 0 aliphatic carbocycles. The van der Waals surface area contributed by atoms with Crippen molar-refractivity contribution in [2.75, 3.05) is 39.3 Å². The number of thiol groups is 1. The number of piperidine rings is 1. The smallest absolute Gasteiger partial charge is 0.238 e. The van der Waals surface area contributed by atoms with E-state index in [4.69, 9.17) is 28.9 Å². The van der Waals surface area contributed by atoms with Gasteiger partial charge in [-0.15, -0.1) is 0 Å². The molecule has 2 saturated heterocycles. The number of carbonyl (C=O) groups excluding carboxylic acids is 1. The van der Waals surface area contributed by atoms with Crippen LogP contribution in [0, 0.1) is 5.41 Å². The Bertz CT molecular complexity index is 1260. The standard InChI is InChI=1S/C25H35N5O4S2/c26-24(27)22-18-9-3-2-8-17(18)19(14-21(22)36(28,33)34)25(16-31,30-12-6-7-13-30)23(32)20(35)15-29-10-4-1-5-11-29/h2-3,8-9,14,20,31,35H,1,4-7,10-13,15-16H2,(H3,26,27)(H2,28,33,34). The van der Waals surface area contributed by atoms with Crippen LogP contribution in [0.25, 0.3) is 10.8 Å². The van der Waals surface area contributed by atoms with Gasteiger partial charge in [0.1, 0.15) is 11.4 Å². The van der Waals surface area contributed by atoms with Crippen LogP contribution in [-0.4, -0.2) is 79.5 Å². The first-order valence-corrected chi connectivity index (χ1v) is 14.4. The fourth-order valence-corrected chi connectivity index (χ4v) is 6.99. The number of nitrogens with one attached hydrogen (secondary N) is 1. The molecular formula is C25H35N5O4S2. The SMILES string of the molecule is N=C(N)c1c(S(N)(=O)=O)cc(C(CO)(C(=O)C(S)CN2CCCCC2)N2CCCC2)c2ccccc12. The zero-order valence-corrected chi connectivity index (χ0v) is 22.0. The lowest BCUT2D eigenvalue weighted by Crippen LogP contribution is -2.57. The number of carbonyl (C=O) groups is 1. The van der Waals surface area contributed by atoms with Crippen molar-refractivity contribution in [1.29, 1.82) is 5.41 Å². The summed E-state index contributed by atoms with van der Waals surface area (Å²) in [6, 6.07) is 8.24. The Morgan fingerprint density at radius 2 is 1.67 bits per heavy atom. The lowest BCUT2D eigenvalue weighted by Gasteiger charge is -2.42. The van der Waals surface area contributed by atoms with Crippen LogP contribution in [0.15, 0.2) is 35.2 Å². The number of rotatable bonds is 9. The summed E-state index contributed by atoms with van der Waals surface area (Å²) >= 11 is 4.73. The van der Waals surface area contributed by atoms with Crippen molar-refractivity contribution in [3.63, 3.8) is 0 Å². The molecular weight excluding hydrogens is 498 g/mol. The van der Waals surface area contributed by atoms with Gasteiger partial charge in [0, 0.05) is 12.1 Å². The third-order valence-corrected chi connectivity index (χ3v) is 8.83. The Hall–Kier alpha value is -2.02. The van der Waals surface area contributed by atoms with Crippen LogP contribution < -0.4 is 10.9 Å². The van der Waals surface area contributed by atoms with E-state index in [2.05, 4.69) is 4.90 Å². The average Bonchev–Trinajstić information content (AvgIpc) is 3.39. The largest absolute Gasteiger partial charge is 0.394 e. The van der Waals surface area contributed by atoms with Crippen molar-refractivity contribution >= 4 is 45.0 Å². The molecule has 2 atom stereocenters. The van der Waals surface area contributed by atoms with Gasteiger partial charge in [-0.1, -0.05) is 30.7 Å². The molecule has 0 spiro atoms. The Kier molecular flexibility index (Phi) is 8.08. The van der Waals surface area contributed by atoms with Crippen LogP contribution in [0.2, 0.25) is 0 Å². The molecule has 2 aliphatic heterocycles. The van der Waals surface area contributed by atoms with E-state index in [-0.39, 0.29) is 16.2 Å². The van der Waals surface area contributed by atoms with Crippen molar-refractivity contribution in [1.82, 2.24) is 9.80 Å². The van der Waals surface area contributed by atoms with E-state index in [9.17, 15) is 18.3 Å². The Balaban J connectivity index is 1.96. The maximum atomic E-state index is 14.3. The third kappa shape index (κ3) is 4.92. The van der Waals surface area contributed by atoms with E-state index >= 15 is 0 Å². The summed E-state index contributed by atoms with van der Waals surface area (Å²) in [4.78, 5) is 18.2. The second kappa shape index (κ2) is 10.8. The molecule has 2 aromatic rings. The quantitative estimate of drug-likeness (QED) is 0.185. The predicted molar refractivity (Wildman–Crippen MR) is 144 cm³/mol. The number of aliphatic hydroxyl groups is 1. The first-order chi connectivity index (χ1) is 17.1. The molecule has 2 aliphatic rings. The molecule has 36 heavy (non-hydrogen) atoms. The Morgan fingerprint density at radius 1 is 1.08 bits per heavy atom. The number of fused-ring (bicyclic) bond motifs is 1. The zero-order valence-electron chi connectivity index (χ0n) is 20.3. The van der Waals surface area contributed by atoms with Crippen LogP contribution >= 0.6 is 12.6 Å². The van der Waals surface area contributed by atoms with E-state index < -0.39 is 33.3 Å². The van der Waals surface area contributed by atoms with Crippen LogP contribution in [-0.2, 0) is 20.4 Å². The average molecular weight is 534 g/mol. The molecule has 9 nitrogen and oxygen atoms in total. The van der Waals surface area contributed by atoms with Crippen LogP contribution in [0.3, 0.4) is 0 Å². The second-order valence-corrected chi connectivity index (χ2v) is 11.9. The van der Waals surface area contributed by atoms with Crippen molar-refractivity contribution in [3.8, 4) is 0 Å². The minimum atomic E-state index is -4.31. The maximum absolute atomic E-state index is 14.3. The highest BCUT2D eigenvalue weighted by Gasteiger charge is 2.49. The molecule has 2 heterocycles. The summed E-state index contributed by atoms with van der Waals surface area (Å²) in [6.07, 6.45) is 5.01. The van der Waals surface area contributed by atoms with Crippen molar-refractivity contribution in [3.05, 3.63) is 41.5 Å². The van der Waals surface area contributed by atoms with E-state index in [1.165, 1.54) is 12.5 Å². The number of primary sulfonamides is 1. The van der Waals surface area contributed by atoms with Crippen LogP contribution in [0.4, 0.5) is 0 Å². The van der Waals surface area contributed by atoms with Gasteiger partial charge in [0.05, 0.1) is 16.8 Å². The van der Waals surface area contributed by atoms with Gasteiger partial charge in [-0.25, -0.2) is 13.6 Å². The Labute approximate surface area is 217 Å². The zero-order chi connectivity index (χ0) is 26.1. The number of benzene rings is 2. The molecule has 2 unspecified atom stereocenters. The molecule has 0 bridgehead atoms. The molecule has 2 fully saturated rings. The molecule has 11 heteroatoms. The number of hydrogen-bond donors (Lipinski definition) is 5. The van der Waals surface area contributed by atoms with E-state index in [0.717, 1.165) is 38.8 Å². The van der Waals surface area contributed by atoms with Crippen molar-refractivity contribution in [2.24, 2.45) is 10.9 Å². The predicted octanol–water partition coefficient (Wildman–Crippen LogP) is 1.41. The molecule has 6 N–H and O–H groups in total. The fraction of sp³-hybridized carbons (Fsp3) is 0.520. The number of ketones is 1. The van der Waals surface area contributed by atoms with Gasteiger partial charge >= 0.3 is 0 Å². The number of nitrogens with zero attached hydrogens (tertiary/aromatic N) is 2. The summed E-state index contributed by atoms with van der Waals surface area (Å²) in [6.45, 7) is 2.84. The molecule has 2 aromatic carbocycles. The molecule has 0 saturated carbocycles. The van der Waals surface area contributed by atoms with Crippen LogP contribution in [0.1, 0.15) is 43.2 Å². The molecule has 0 aromatic heterocycles. The number of likely N-dealkylation sites (tertiary alicyclic amines) is 2. The van der Waals surface area contributed by atoms with Gasteiger partial charge < -0.3 is 15.7 Å². The number of nitrogens with two attached hydrogens (primary N) is 2. The normalized spacial score (nSPS) is 20.3. The highest BCUT2D eigenvalue weighted by molar-refractivity contribution is 7.89. The van der Waals surface area contributed by atoms with Gasteiger partial charge in [-0.3, -0.25) is 15.1 Å². The topological polar surface area (TPSA) is 154 Å². The highest BCUT2D eigenvalue weighted by Crippen LogP contribution is 2.41.